The number of aromatic nitrogens is 3. The SMILES string of the molecule is CCn1ccc2c(Cl)ncnc21. The average molecular weight is 182 g/mol. The van der Waals surface area contributed by atoms with E-state index in [1.54, 1.807) is 0 Å². The fourth-order valence-corrected chi connectivity index (χ4v) is 1.42. The molecule has 0 saturated heterocycles. The summed E-state index contributed by atoms with van der Waals surface area (Å²) in [6.45, 7) is 2.96. The molecule has 0 spiro atoms. The largest absolute Gasteiger partial charge is 0.333 e. The summed E-state index contributed by atoms with van der Waals surface area (Å²) in [4.78, 5) is 8.04. The molecule has 0 aliphatic carbocycles. The predicted molar refractivity (Wildman–Crippen MR) is 48.2 cm³/mol. The van der Waals surface area contributed by atoms with Gasteiger partial charge in [-0.15, -0.1) is 0 Å². The van der Waals surface area contributed by atoms with Crippen LogP contribution in [-0.2, 0) is 6.54 Å². The Bertz CT molecular complexity index is 408. The maximum absolute atomic E-state index is 5.86. The predicted octanol–water partition coefficient (Wildman–Crippen LogP) is 2.10. The van der Waals surface area contributed by atoms with Gasteiger partial charge in [0.25, 0.3) is 0 Å². The number of nitrogens with zero attached hydrogens (tertiary/aromatic N) is 3. The van der Waals surface area contributed by atoms with Crippen LogP contribution in [0.3, 0.4) is 0 Å². The van der Waals surface area contributed by atoms with Crippen molar-refractivity contribution >= 4 is 22.6 Å². The third-order valence-electron chi connectivity index (χ3n) is 1.85. The van der Waals surface area contributed by atoms with Crippen molar-refractivity contribution in [3.63, 3.8) is 0 Å². The Labute approximate surface area is 75.0 Å². The zero-order chi connectivity index (χ0) is 8.55. The van der Waals surface area contributed by atoms with Gasteiger partial charge in [0.15, 0.2) is 0 Å². The molecule has 2 aromatic rings. The highest BCUT2D eigenvalue weighted by Gasteiger charge is 2.03. The highest BCUT2D eigenvalue weighted by Crippen LogP contribution is 2.19. The van der Waals surface area contributed by atoms with Gasteiger partial charge in [-0.05, 0) is 13.0 Å². The quantitative estimate of drug-likeness (QED) is 0.631. The lowest BCUT2D eigenvalue weighted by Gasteiger charge is -1.98. The van der Waals surface area contributed by atoms with Gasteiger partial charge in [0.1, 0.15) is 17.1 Å². The second-order valence-corrected chi connectivity index (χ2v) is 2.86. The summed E-state index contributed by atoms with van der Waals surface area (Å²) in [6, 6.07) is 1.93. The number of halogens is 1. The molecule has 0 fully saturated rings. The second kappa shape index (κ2) is 2.75. The van der Waals surface area contributed by atoms with Gasteiger partial charge < -0.3 is 4.57 Å². The molecule has 12 heavy (non-hydrogen) atoms. The van der Waals surface area contributed by atoms with Gasteiger partial charge in [0, 0.05) is 12.7 Å². The molecule has 2 heterocycles. The lowest BCUT2D eigenvalue weighted by Crippen LogP contribution is -1.93. The van der Waals surface area contributed by atoms with Gasteiger partial charge in [-0.3, -0.25) is 0 Å². The van der Waals surface area contributed by atoms with Crippen LogP contribution < -0.4 is 0 Å². The Morgan fingerprint density at radius 1 is 1.50 bits per heavy atom. The molecule has 0 amide bonds. The molecule has 0 bridgehead atoms. The first kappa shape index (κ1) is 7.55. The van der Waals surface area contributed by atoms with Crippen LogP contribution in [0.25, 0.3) is 11.0 Å². The van der Waals surface area contributed by atoms with E-state index in [1.807, 2.05) is 16.8 Å². The van der Waals surface area contributed by atoms with E-state index in [9.17, 15) is 0 Å². The van der Waals surface area contributed by atoms with Crippen molar-refractivity contribution in [2.45, 2.75) is 13.5 Å². The maximum Gasteiger partial charge on any atom is 0.144 e. The standard InChI is InChI=1S/C8H8ClN3/c1-2-12-4-3-6-7(9)10-5-11-8(6)12/h3-5H,2H2,1H3. The van der Waals surface area contributed by atoms with Crippen molar-refractivity contribution < 1.29 is 0 Å². The zero-order valence-corrected chi connectivity index (χ0v) is 7.41. The van der Waals surface area contributed by atoms with Crippen LogP contribution in [0.15, 0.2) is 18.6 Å². The molecule has 2 rings (SSSR count). The smallest absolute Gasteiger partial charge is 0.144 e. The van der Waals surface area contributed by atoms with Gasteiger partial charge in [-0.25, -0.2) is 9.97 Å². The lowest BCUT2D eigenvalue weighted by molar-refractivity contribution is 0.786. The summed E-state index contributed by atoms with van der Waals surface area (Å²) in [5.74, 6) is 0. The second-order valence-electron chi connectivity index (χ2n) is 2.50. The summed E-state index contributed by atoms with van der Waals surface area (Å²) in [7, 11) is 0. The van der Waals surface area contributed by atoms with Gasteiger partial charge in [-0.2, -0.15) is 0 Å². The van der Waals surface area contributed by atoms with Crippen molar-refractivity contribution in [2.24, 2.45) is 0 Å². The van der Waals surface area contributed by atoms with E-state index in [0.29, 0.717) is 5.15 Å². The summed E-state index contributed by atoms with van der Waals surface area (Å²) in [6.07, 6.45) is 3.45. The first-order chi connectivity index (χ1) is 5.83. The van der Waals surface area contributed by atoms with Crippen molar-refractivity contribution in [1.82, 2.24) is 14.5 Å². The molecular weight excluding hydrogens is 174 g/mol. The van der Waals surface area contributed by atoms with Gasteiger partial charge in [-0.1, -0.05) is 11.6 Å². The molecule has 0 aliphatic heterocycles. The molecule has 0 saturated carbocycles. The number of hydrogen-bond acceptors (Lipinski definition) is 2. The molecular formula is C8H8ClN3. The molecule has 0 radical (unpaired) electrons. The van der Waals surface area contributed by atoms with E-state index in [-0.39, 0.29) is 0 Å². The van der Waals surface area contributed by atoms with E-state index < -0.39 is 0 Å². The molecule has 62 valence electrons. The Kier molecular flexibility index (Phi) is 1.73. The summed E-state index contributed by atoms with van der Waals surface area (Å²) < 4.78 is 2.03. The summed E-state index contributed by atoms with van der Waals surface area (Å²) >= 11 is 5.86. The molecule has 0 atom stereocenters. The van der Waals surface area contributed by atoms with Crippen molar-refractivity contribution in [3.05, 3.63) is 23.7 Å². The first-order valence-electron chi connectivity index (χ1n) is 3.78. The Balaban J connectivity index is 2.80. The fraction of sp³-hybridized carbons (Fsp3) is 0.250. The average Bonchev–Trinajstić information content (AvgIpc) is 2.49. The Morgan fingerprint density at radius 2 is 2.33 bits per heavy atom. The molecule has 0 unspecified atom stereocenters. The third-order valence-corrected chi connectivity index (χ3v) is 2.15. The van der Waals surface area contributed by atoms with Crippen LogP contribution in [0.4, 0.5) is 0 Å². The van der Waals surface area contributed by atoms with Crippen LogP contribution in [-0.4, -0.2) is 14.5 Å². The van der Waals surface area contributed by atoms with Gasteiger partial charge in [0.2, 0.25) is 0 Å². The maximum atomic E-state index is 5.86. The van der Waals surface area contributed by atoms with Crippen molar-refractivity contribution in [1.29, 1.82) is 0 Å². The summed E-state index contributed by atoms with van der Waals surface area (Å²) in [5, 5.41) is 1.44. The molecule has 4 heteroatoms. The van der Waals surface area contributed by atoms with Crippen LogP contribution >= 0.6 is 11.6 Å². The minimum Gasteiger partial charge on any atom is -0.333 e. The van der Waals surface area contributed by atoms with Crippen LogP contribution in [0, 0.1) is 0 Å². The highest BCUT2D eigenvalue weighted by atomic mass is 35.5. The van der Waals surface area contributed by atoms with E-state index >= 15 is 0 Å². The minimum atomic E-state index is 0.521. The van der Waals surface area contributed by atoms with E-state index in [2.05, 4.69) is 16.9 Å². The fourth-order valence-electron chi connectivity index (χ4n) is 1.23. The van der Waals surface area contributed by atoms with E-state index in [0.717, 1.165) is 17.6 Å². The van der Waals surface area contributed by atoms with Crippen molar-refractivity contribution in [2.75, 3.05) is 0 Å². The van der Waals surface area contributed by atoms with Crippen LogP contribution in [0.1, 0.15) is 6.92 Å². The molecule has 0 N–H and O–H groups in total. The summed E-state index contributed by atoms with van der Waals surface area (Å²) in [5.41, 5.74) is 0.900. The minimum absolute atomic E-state index is 0.521. The number of fused-ring (bicyclic) bond motifs is 1. The molecule has 0 aliphatic rings. The third kappa shape index (κ3) is 0.975. The van der Waals surface area contributed by atoms with E-state index in [4.69, 9.17) is 11.6 Å². The number of aryl methyl sites for hydroxylation is 1. The van der Waals surface area contributed by atoms with Gasteiger partial charge >= 0.3 is 0 Å². The Morgan fingerprint density at radius 3 is 3.08 bits per heavy atom. The van der Waals surface area contributed by atoms with Gasteiger partial charge in [0.05, 0.1) is 5.39 Å². The highest BCUT2D eigenvalue weighted by molar-refractivity contribution is 6.33. The first-order valence-corrected chi connectivity index (χ1v) is 4.16. The van der Waals surface area contributed by atoms with Crippen LogP contribution in [0.2, 0.25) is 5.15 Å². The molecule has 0 aromatic carbocycles. The number of hydrogen-bond donors (Lipinski definition) is 0. The zero-order valence-electron chi connectivity index (χ0n) is 6.66. The topological polar surface area (TPSA) is 30.7 Å². The number of rotatable bonds is 1. The lowest BCUT2D eigenvalue weighted by atomic mass is 10.4. The molecule has 3 nitrogen and oxygen atoms in total. The monoisotopic (exact) mass is 181 g/mol. The normalized spacial score (nSPS) is 10.8. The Hall–Kier alpha value is -1.09. The van der Waals surface area contributed by atoms with Crippen LogP contribution in [0.5, 0.6) is 0 Å². The molecule has 2 aromatic heterocycles. The van der Waals surface area contributed by atoms with Crippen molar-refractivity contribution in [3.8, 4) is 0 Å². The van der Waals surface area contributed by atoms with E-state index in [1.165, 1.54) is 6.33 Å².